The quantitative estimate of drug-likeness (QED) is 0.757. The summed E-state index contributed by atoms with van der Waals surface area (Å²) in [6.07, 6.45) is 0. The van der Waals surface area contributed by atoms with Crippen LogP contribution < -0.4 is 0 Å². The summed E-state index contributed by atoms with van der Waals surface area (Å²) in [7, 11) is 0. The maximum absolute atomic E-state index is 9.30. The van der Waals surface area contributed by atoms with Gasteiger partial charge in [-0.3, -0.25) is 4.90 Å². The molecule has 1 saturated heterocycles. The molecule has 0 unspecified atom stereocenters. The summed E-state index contributed by atoms with van der Waals surface area (Å²) in [6.45, 7) is 14.7. The van der Waals surface area contributed by atoms with Crippen LogP contribution in [0.4, 0.5) is 0 Å². The second-order valence-electron chi connectivity index (χ2n) is 5.65. The second kappa shape index (κ2) is 5.28. The van der Waals surface area contributed by atoms with Crippen molar-refractivity contribution in [1.82, 2.24) is 9.80 Å². The van der Waals surface area contributed by atoms with Crippen molar-refractivity contribution >= 4 is 0 Å². The Balaban J connectivity index is 2.36. The van der Waals surface area contributed by atoms with Crippen LogP contribution in [0.5, 0.6) is 0 Å². The summed E-state index contributed by atoms with van der Waals surface area (Å²) in [5, 5.41) is 9.30. The summed E-state index contributed by atoms with van der Waals surface area (Å²) in [5.41, 5.74) is -0.0517. The van der Waals surface area contributed by atoms with Crippen molar-refractivity contribution in [1.29, 1.82) is 0 Å². The molecule has 1 aliphatic heterocycles. The zero-order chi connectivity index (χ0) is 11.5. The second-order valence-corrected chi connectivity index (χ2v) is 5.65. The number of aliphatic hydroxyl groups excluding tert-OH is 1. The van der Waals surface area contributed by atoms with Crippen molar-refractivity contribution in [2.45, 2.75) is 33.2 Å². The van der Waals surface area contributed by atoms with Crippen LogP contribution in [0.1, 0.15) is 27.7 Å². The Kier molecular flexibility index (Phi) is 4.56. The first-order chi connectivity index (χ1) is 6.95. The van der Waals surface area contributed by atoms with Gasteiger partial charge in [-0.1, -0.05) is 13.8 Å². The first-order valence-electron chi connectivity index (χ1n) is 6.04. The molecule has 0 radical (unpaired) electrons. The van der Waals surface area contributed by atoms with Crippen LogP contribution >= 0.6 is 0 Å². The van der Waals surface area contributed by atoms with Gasteiger partial charge in [0.05, 0.1) is 6.61 Å². The molecule has 0 atom stereocenters. The van der Waals surface area contributed by atoms with Gasteiger partial charge in [-0.05, 0) is 19.8 Å². The van der Waals surface area contributed by atoms with Crippen molar-refractivity contribution in [3.63, 3.8) is 0 Å². The number of nitrogens with zero attached hydrogens (tertiary/aromatic N) is 2. The first-order valence-corrected chi connectivity index (χ1v) is 6.04. The van der Waals surface area contributed by atoms with Crippen molar-refractivity contribution in [3.05, 3.63) is 0 Å². The summed E-state index contributed by atoms with van der Waals surface area (Å²) in [6, 6.07) is 0. The molecule has 1 aliphatic rings. The average molecular weight is 214 g/mol. The smallest absolute Gasteiger partial charge is 0.0610 e. The third-order valence-corrected chi connectivity index (χ3v) is 3.24. The van der Waals surface area contributed by atoms with E-state index in [0.29, 0.717) is 0 Å². The van der Waals surface area contributed by atoms with Gasteiger partial charge in [-0.15, -0.1) is 0 Å². The fraction of sp³-hybridized carbons (Fsp3) is 1.00. The van der Waals surface area contributed by atoms with Crippen LogP contribution in [-0.4, -0.2) is 59.8 Å². The molecule has 1 fully saturated rings. The van der Waals surface area contributed by atoms with E-state index in [2.05, 4.69) is 37.5 Å². The summed E-state index contributed by atoms with van der Waals surface area (Å²) in [4.78, 5) is 4.92. The lowest BCUT2D eigenvalue weighted by Crippen LogP contribution is -2.56. The molecule has 1 heterocycles. The Morgan fingerprint density at radius 2 is 1.67 bits per heavy atom. The molecular formula is C12H26N2O. The molecule has 0 aliphatic carbocycles. The lowest BCUT2D eigenvalue weighted by molar-refractivity contribution is 0.0143. The van der Waals surface area contributed by atoms with E-state index in [-0.39, 0.29) is 12.1 Å². The summed E-state index contributed by atoms with van der Waals surface area (Å²) < 4.78 is 0. The molecular weight excluding hydrogens is 188 g/mol. The number of aliphatic hydroxyl groups is 1. The van der Waals surface area contributed by atoms with Gasteiger partial charge in [0.25, 0.3) is 0 Å². The fourth-order valence-corrected chi connectivity index (χ4v) is 2.15. The molecule has 0 aromatic rings. The third-order valence-electron chi connectivity index (χ3n) is 3.24. The molecule has 0 bridgehead atoms. The Labute approximate surface area is 94.1 Å². The standard InChI is InChI=1S/C12H26N2O/c1-11(2)9-13-5-7-14(8-6-13)12(3,4)10-15/h11,15H,5-10H2,1-4H3. The number of hydrogen-bond acceptors (Lipinski definition) is 3. The zero-order valence-corrected chi connectivity index (χ0v) is 10.7. The van der Waals surface area contributed by atoms with Crippen LogP contribution in [0.3, 0.4) is 0 Å². The molecule has 0 saturated carbocycles. The van der Waals surface area contributed by atoms with Crippen LogP contribution in [-0.2, 0) is 0 Å². The van der Waals surface area contributed by atoms with E-state index >= 15 is 0 Å². The molecule has 0 aromatic carbocycles. The molecule has 0 amide bonds. The van der Waals surface area contributed by atoms with Crippen LogP contribution in [0.15, 0.2) is 0 Å². The molecule has 1 rings (SSSR count). The van der Waals surface area contributed by atoms with E-state index in [9.17, 15) is 5.11 Å². The fourth-order valence-electron chi connectivity index (χ4n) is 2.15. The minimum atomic E-state index is -0.0517. The molecule has 0 spiro atoms. The molecule has 3 heteroatoms. The normalized spacial score (nSPS) is 21.2. The Morgan fingerprint density at radius 3 is 2.07 bits per heavy atom. The van der Waals surface area contributed by atoms with Gasteiger partial charge in [0.2, 0.25) is 0 Å². The van der Waals surface area contributed by atoms with Gasteiger partial charge in [0.15, 0.2) is 0 Å². The highest BCUT2D eigenvalue weighted by Crippen LogP contribution is 2.16. The first kappa shape index (κ1) is 12.9. The van der Waals surface area contributed by atoms with Gasteiger partial charge in [0, 0.05) is 38.3 Å². The SMILES string of the molecule is CC(C)CN1CCN(C(C)(C)CO)CC1. The molecule has 15 heavy (non-hydrogen) atoms. The zero-order valence-electron chi connectivity index (χ0n) is 10.7. The van der Waals surface area contributed by atoms with Crippen molar-refractivity contribution in [3.8, 4) is 0 Å². The van der Waals surface area contributed by atoms with E-state index in [0.717, 1.165) is 32.1 Å². The van der Waals surface area contributed by atoms with Gasteiger partial charge in [-0.25, -0.2) is 0 Å². The average Bonchev–Trinajstić information content (AvgIpc) is 2.18. The van der Waals surface area contributed by atoms with E-state index in [1.54, 1.807) is 0 Å². The van der Waals surface area contributed by atoms with E-state index < -0.39 is 0 Å². The van der Waals surface area contributed by atoms with Gasteiger partial charge in [0.1, 0.15) is 0 Å². The summed E-state index contributed by atoms with van der Waals surface area (Å²) in [5.74, 6) is 0.752. The maximum Gasteiger partial charge on any atom is 0.0610 e. The van der Waals surface area contributed by atoms with Crippen molar-refractivity contribution in [2.75, 3.05) is 39.3 Å². The minimum Gasteiger partial charge on any atom is -0.394 e. The van der Waals surface area contributed by atoms with Crippen LogP contribution in [0.2, 0.25) is 0 Å². The Morgan fingerprint density at radius 1 is 1.13 bits per heavy atom. The summed E-state index contributed by atoms with van der Waals surface area (Å²) >= 11 is 0. The molecule has 0 aromatic heterocycles. The number of rotatable bonds is 4. The third kappa shape index (κ3) is 3.74. The minimum absolute atomic E-state index is 0.0517. The van der Waals surface area contributed by atoms with Gasteiger partial charge < -0.3 is 10.0 Å². The molecule has 1 N–H and O–H groups in total. The van der Waals surface area contributed by atoms with Crippen molar-refractivity contribution in [2.24, 2.45) is 5.92 Å². The van der Waals surface area contributed by atoms with E-state index in [4.69, 9.17) is 0 Å². The predicted molar refractivity (Wildman–Crippen MR) is 64.0 cm³/mol. The van der Waals surface area contributed by atoms with E-state index in [1.165, 1.54) is 6.54 Å². The highest BCUT2D eigenvalue weighted by molar-refractivity contribution is 4.85. The highest BCUT2D eigenvalue weighted by atomic mass is 16.3. The molecule has 90 valence electrons. The number of hydrogen-bond donors (Lipinski definition) is 1. The molecule has 3 nitrogen and oxygen atoms in total. The Bertz CT molecular complexity index is 184. The van der Waals surface area contributed by atoms with Gasteiger partial charge >= 0.3 is 0 Å². The topological polar surface area (TPSA) is 26.7 Å². The van der Waals surface area contributed by atoms with Gasteiger partial charge in [-0.2, -0.15) is 0 Å². The highest BCUT2D eigenvalue weighted by Gasteiger charge is 2.29. The van der Waals surface area contributed by atoms with Crippen LogP contribution in [0, 0.1) is 5.92 Å². The largest absolute Gasteiger partial charge is 0.394 e. The van der Waals surface area contributed by atoms with Crippen LogP contribution in [0.25, 0.3) is 0 Å². The Hall–Kier alpha value is -0.120. The van der Waals surface area contributed by atoms with Crippen molar-refractivity contribution < 1.29 is 5.11 Å². The lowest BCUT2D eigenvalue weighted by Gasteiger charge is -2.43. The van der Waals surface area contributed by atoms with E-state index in [1.807, 2.05) is 0 Å². The number of piperazine rings is 1. The maximum atomic E-state index is 9.30. The lowest BCUT2D eigenvalue weighted by atomic mass is 10.0. The monoisotopic (exact) mass is 214 g/mol. The predicted octanol–water partition coefficient (Wildman–Crippen LogP) is 1.03.